The van der Waals surface area contributed by atoms with Gasteiger partial charge in [0.1, 0.15) is 11.5 Å². The molecule has 0 radical (unpaired) electrons. The normalized spacial score (nSPS) is 24.2. The molecule has 2 unspecified atom stereocenters. The maximum atomic E-state index is 14.7. The van der Waals surface area contributed by atoms with Gasteiger partial charge in [0.05, 0.1) is 0 Å². The maximum Gasteiger partial charge on any atom is 0.126 e. The van der Waals surface area contributed by atoms with E-state index in [1.54, 1.807) is 19.2 Å². The SMILES string of the molecule is CC(F)(Cc1cccnc1N)C1CCCNC1. The summed E-state index contributed by atoms with van der Waals surface area (Å²) in [4.78, 5) is 4.00. The fourth-order valence-electron chi connectivity index (χ4n) is 2.48. The van der Waals surface area contributed by atoms with Gasteiger partial charge in [-0.15, -0.1) is 0 Å². The average molecular weight is 237 g/mol. The Labute approximate surface area is 102 Å². The van der Waals surface area contributed by atoms with Crippen molar-refractivity contribution in [2.24, 2.45) is 5.92 Å². The summed E-state index contributed by atoms with van der Waals surface area (Å²) in [6.45, 7) is 3.44. The molecule has 1 saturated heterocycles. The van der Waals surface area contributed by atoms with Crippen LogP contribution in [0.25, 0.3) is 0 Å². The molecule has 4 heteroatoms. The van der Waals surface area contributed by atoms with E-state index in [9.17, 15) is 4.39 Å². The van der Waals surface area contributed by atoms with Crippen molar-refractivity contribution in [1.29, 1.82) is 0 Å². The smallest absolute Gasteiger partial charge is 0.126 e. The molecule has 17 heavy (non-hydrogen) atoms. The molecule has 1 aliphatic heterocycles. The van der Waals surface area contributed by atoms with Gasteiger partial charge in [-0.25, -0.2) is 9.37 Å². The third-order valence-electron chi connectivity index (χ3n) is 3.61. The summed E-state index contributed by atoms with van der Waals surface area (Å²) in [6, 6.07) is 3.66. The molecule has 0 amide bonds. The van der Waals surface area contributed by atoms with E-state index in [0.29, 0.717) is 12.2 Å². The van der Waals surface area contributed by atoms with Gasteiger partial charge in [0.25, 0.3) is 0 Å². The van der Waals surface area contributed by atoms with Crippen LogP contribution in [0.2, 0.25) is 0 Å². The van der Waals surface area contributed by atoms with Crippen molar-refractivity contribution in [3.05, 3.63) is 23.9 Å². The summed E-state index contributed by atoms with van der Waals surface area (Å²) >= 11 is 0. The quantitative estimate of drug-likeness (QED) is 0.844. The van der Waals surface area contributed by atoms with Gasteiger partial charge in [-0.2, -0.15) is 0 Å². The van der Waals surface area contributed by atoms with E-state index in [1.165, 1.54) is 0 Å². The molecule has 2 rings (SSSR count). The van der Waals surface area contributed by atoms with Gasteiger partial charge in [-0.1, -0.05) is 6.07 Å². The largest absolute Gasteiger partial charge is 0.383 e. The van der Waals surface area contributed by atoms with E-state index in [-0.39, 0.29) is 5.92 Å². The van der Waals surface area contributed by atoms with E-state index in [4.69, 9.17) is 5.73 Å². The second-order valence-electron chi connectivity index (χ2n) is 5.05. The van der Waals surface area contributed by atoms with Crippen LogP contribution < -0.4 is 11.1 Å². The Morgan fingerprint density at radius 1 is 1.65 bits per heavy atom. The van der Waals surface area contributed by atoms with Crippen molar-refractivity contribution in [2.75, 3.05) is 18.8 Å². The molecule has 0 spiro atoms. The highest BCUT2D eigenvalue weighted by Crippen LogP contribution is 2.32. The van der Waals surface area contributed by atoms with Crippen LogP contribution in [-0.2, 0) is 6.42 Å². The molecule has 0 aromatic carbocycles. The van der Waals surface area contributed by atoms with Gasteiger partial charge in [-0.05, 0) is 37.9 Å². The van der Waals surface area contributed by atoms with Crippen LogP contribution in [0.3, 0.4) is 0 Å². The molecule has 0 aliphatic carbocycles. The van der Waals surface area contributed by atoms with Crippen molar-refractivity contribution in [3.8, 4) is 0 Å². The van der Waals surface area contributed by atoms with Gasteiger partial charge in [-0.3, -0.25) is 0 Å². The van der Waals surface area contributed by atoms with E-state index in [1.807, 2.05) is 6.07 Å². The number of pyridine rings is 1. The number of anilines is 1. The van der Waals surface area contributed by atoms with Crippen LogP contribution in [0.5, 0.6) is 0 Å². The number of nitrogens with zero attached hydrogens (tertiary/aromatic N) is 1. The molecule has 0 bridgehead atoms. The topological polar surface area (TPSA) is 50.9 Å². The lowest BCUT2D eigenvalue weighted by molar-refractivity contribution is 0.0834. The molecular formula is C13H20FN3. The van der Waals surface area contributed by atoms with Crippen molar-refractivity contribution in [3.63, 3.8) is 0 Å². The Kier molecular flexibility index (Phi) is 3.62. The Hall–Kier alpha value is -1.16. The standard InChI is InChI=1S/C13H20FN3/c1-13(14,11-5-3-6-16-9-11)8-10-4-2-7-17-12(10)15/h2,4,7,11,16H,3,5-6,8-9H2,1H3,(H2,15,17). The summed E-state index contributed by atoms with van der Waals surface area (Å²) in [5.41, 5.74) is 5.35. The third-order valence-corrected chi connectivity index (χ3v) is 3.61. The predicted octanol–water partition coefficient (Wildman–Crippen LogP) is 1.93. The molecule has 2 atom stereocenters. The first-order valence-corrected chi connectivity index (χ1v) is 6.18. The highest BCUT2D eigenvalue weighted by atomic mass is 19.1. The lowest BCUT2D eigenvalue weighted by Gasteiger charge is -2.34. The highest BCUT2D eigenvalue weighted by molar-refractivity contribution is 5.39. The van der Waals surface area contributed by atoms with Crippen LogP contribution in [0.1, 0.15) is 25.3 Å². The van der Waals surface area contributed by atoms with Crippen LogP contribution in [0.15, 0.2) is 18.3 Å². The molecule has 1 aromatic rings. The van der Waals surface area contributed by atoms with Crippen molar-refractivity contribution >= 4 is 5.82 Å². The third kappa shape index (κ3) is 2.94. The van der Waals surface area contributed by atoms with Gasteiger partial charge in [0, 0.05) is 25.1 Å². The maximum absolute atomic E-state index is 14.7. The fraction of sp³-hybridized carbons (Fsp3) is 0.615. The Morgan fingerprint density at radius 2 is 2.47 bits per heavy atom. The Bertz CT molecular complexity index is 373. The molecule has 2 heterocycles. The molecule has 0 saturated carbocycles. The van der Waals surface area contributed by atoms with E-state index in [2.05, 4.69) is 10.3 Å². The van der Waals surface area contributed by atoms with Crippen LogP contribution in [0.4, 0.5) is 10.2 Å². The second kappa shape index (κ2) is 5.00. The average Bonchev–Trinajstić information content (AvgIpc) is 2.33. The van der Waals surface area contributed by atoms with Gasteiger partial charge >= 0.3 is 0 Å². The molecule has 1 aromatic heterocycles. The van der Waals surface area contributed by atoms with Crippen LogP contribution in [0, 0.1) is 5.92 Å². The zero-order valence-electron chi connectivity index (χ0n) is 10.2. The van der Waals surface area contributed by atoms with Crippen molar-refractivity contribution < 1.29 is 4.39 Å². The fourth-order valence-corrected chi connectivity index (χ4v) is 2.48. The summed E-state index contributed by atoms with van der Waals surface area (Å²) in [6.07, 6.45) is 3.97. The second-order valence-corrected chi connectivity index (χ2v) is 5.05. The van der Waals surface area contributed by atoms with Crippen molar-refractivity contribution in [1.82, 2.24) is 10.3 Å². The van der Waals surface area contributed by atoms with E-state index >= 15 is 0 Å². The number of aromatic nitrogens is 1. The summed E-state index contributed by atoms with van der Waals surface area (Å²) in [5, 5.41) is 3.25. The van der Waals surface area contributed by atoms with Crippen LogP contribution in [-0.4, -0.2) is 23.7 Å². The first-order valence-electron chi connectivity index (χ1n) is 6.18. The van der Waals surface area contributed by atoms with Gasteiger partial charge in [0.2, 0.25) is 0 Å². The highest BCUT2D eigenvalue weighted by Gasteiger charge is 2.35. The predicted molar refractivity (Wildman–Crippen MR) is 67.5 cm³/mol. The van der Waals surface area contributed by atoms with E-state index < -0.39 is 5.67 Å². The van der Waals surface area contributed by atoms with Crippen molar-refractivity contribution in [2.45, 2.75) is 31.9 Å². The first kappa shape index (κ1) is 12.3. The first-order chi connectivity index (χ1) is 8.09. The zero-order valence-corrected chi connectivity index (χ0v) is 10.2. The lowest BCUT2D eigenvalue weighted by atomic mass is 9.81. The minimum atomic E-state index is -1.22. The molecule has 3 N–H and O–H groups in total. The zero-order chi connectivity index (χ0) is 12.3. The summed E-state index contributed by atoms with van der Waals surface area (Å²) < 4.78 is 14.7. The number of nitrogens with one attached hydrogen (secondary N) is 1. The number of nitrogens with two attached hydrogens (primary N) is 1. The Morgan fingerprint density at radius 3 is 3.12 bits per heavy atom. The number of alkyl halides is 1. The number of rotatable bonds is 3. The van der Waals surface area contributed by atoms with E-state index in [0.717, 1.165) is 31.5 Å². The number of hydrogen-bond donors (Lipinski definition) is 2. The number of nitrogen functional groups attached to an aromatic ring is 1. The summed E-state index contributed by atoms with van der Waals surface area (Å²) in [7, 11) is 0. The molecule has 3 nitrogen and oxygen atoms in total. The summed E-state index contributed by atoms with van der Waals surface area (Å²) in [5.74, 6) is 0.510. The minimum absolute atomic E-state index is 0.0656. The minimum Gasteiger partial charge on any atom is -0.383 e. The number of hydrogen-bond acceptors (Lipinski definition) is 3. The number of piperidine rings is 1. The van der Waals surface area contributed by atoms with Gasteiger partial charge < -0.3 is 11.1 Å². The molecule has 1 fully saturated rings. The lowest BCUT2D eigenvalue weighted by Crippen LogP contribution is -2.42. The molecule has 94 valence electrons. The van der Waals surface area contributed by atoms with Crippen LogP contribution >= 0.6 is 0 Å². The Balaban J connectivity index is 2.08. The van der Waals surface area contributed by atoms with Gasteiger partial charge in [0.15, 0.2) is 0 Å². The monoisotopic (exact) mass is 237 g/mol. The molecular weight excluding hydrogens is 217 g/mol. The molecule has 1 aliphatic rings. The number of halogens is 1.